The lowest BCUT2D eigenvalue weighted by Gasteiger charge is -2.26. The molecule has 2 rings (SSSR count). The summed E-state index contributed by atoms with van der Waals surface area (Å²) in [5.41, 5.74) is -0.168. The van der Waals surface area contributed by atoms with E-state index in [4.69, 9.17) is 9.84 Å². The number of halogens is 1. The molecule has 0 spiro atoms. The van der Waals surface area contributed by atoms with Gasteiger partial charge in [-0.15, -0.1) is 0 Å². The van der Waals surface area contributed by atoms with Gasteiger partial charge in [0.1, 0.15) is 11.6 Å². The van der Waals surface area contributed by atoms with Crippen molar-refractivity contribution in [2.24, 2.45) is 0 Å². The fraction of sp³-hybridized carbons (Fsp3) is 0.385. The van der Waals surface area contributed by atoms with Gasteiger partial charge in [0, 0.05) is 13.1 Å². The number of hydrogen-bond donors (Lipinski definition) is 1. The number of ether oxygens (including phenoxy) is 1. The summed E-state index contributed by atoms with van der Waals surface area (Å²) in [6.45, 7) is 1.66. The van der Waals surface area contributed by atoms with Gasteiger partial charge in [-0.3, -0.25) is 9.00 Å². The average Bonchev–Trinajstić information content (AvgIpc) is 2.48. The normalized spacial score (nSPS) is 16.5. The predicted molar refractivity (Wildman–Crippen MR) is 72.0 cm³/mol. The van der Waals surface area contributed by atoms with E-state index < -0.39 is 22.6 Å². The summed E-state index contributed by atoms with van der Waals surface area (Å²) in [5, 5.41) is 8.86. The molecular formula is C13H14FNO5S. The third-order valence-electron chi connectivity index (χ3n) is 3.04. The van der Waals surface area contributed by atoms with Crippen LogP contribution in [0.4, 0.5) is 4.39 Å². The van der Waals surface area contributed by atoms with Crippen molar-refractivity contribution in [3.63, 3.8) is 0 Å². The highest BCUT2D eigenvalue weighted by molar-refractivity contribution is 7.85. The van der Waals surface area contributed by atoms with E-state index >= 15 is 0 Å². The molecule has 0 aromatic heterocycles. The van der Waals surface area contributed by atoms with Crippen molar-refractivity contribution in [2.75, 3.05) is 32.1 Å². The highest BCUT2D eigenvalue weighted by Gasteiger charge is 2.22. The second-order valence-corrected chi connectivity index (χ2v) is 5.85. The molecule has 1 aromatic rings. The Kier molecular flexibility index (Phi) is 5.03. The summed E-state index contributed by atoms with van der Waals surface area (Å²) < 4.78 is 30.8. The van der Waals surface area contributed by atoms with Crippen LogP contribution < -0.4 is 0 Å². The summed E-state index contributed by atoms with van der Waals surface area (Å²) in [6, 6.07) is 3.03. The maximum atomic E-state index is 13.6. The van der Waals surface area contributed by atoms with Crippen LogP contribution in [0.15, 0.2) is 23.1 Å². The molecule has 1 saturated heterocycles. The lowest BCUT2D eigenvalue weighted by atomic mass is 10.2. The molecule has 0 saturated carbocycles. The molecule has 1 unspecified atom stereocenters. The van der Waals surface area contributed by atoms with E-state index in [1.54, 1.807) is 0 Å². The number of hydrogen-bond acceptors (Lipinski definition) is 4. The number of carboxylic acids is 1. The van der Waals surface area contributed by atoms with Gasteiger partial charge >= 0.3 is 5.97 Å². The maximum Gasteiger partial charge on any atom is 0.335 e. The van der Waals surface area contributed by atoms with Crippen LogP contribution in [0.3, 0.4) is 0 Å². The van der Waals surface area contributed by atoms with E-state index in [1.165, 1.54) is 4.90 Å². The van der Waals surface area contributed by atoms with Gasteiger partial charge in [0.05, 0.1) is 34.5 Å². The quantitative estimate of drug-likeness (QED) is 0.874. The van der Waals surface area contributed by atoms with Gasteiger partial charge in [-0.1, -0.05) is 0 Å². The first kappa shape index (κ1) is 15.6. The van der Waals surface area contributed by atoms with Crippen molar-refractivity contribution in [1.82, 2.24) is 4.90 Å². The number of benzene rings is 1. The highest BCUT2D eigenvalue weighted by atomic mass is 32.2. The second-order valence-electron chi connectivity index (χ2n) is 4.43. The first-order valence-corrected chi connectivity index (χ1v) is 7.57. The first-order chi connectivity index (χ1) is 9.99. The lowest BCUT2D eigenvalue weighted by Crippen LogP contribution is -2.42. The van der Waals surface area contributed by atoms with Crippen LogP contribution in [0, 0.1) is 5.82 Å². The van der Waals surface area contributed by atoms with E-state index in [-0.39, 0.29) is 22.1 Å². The number of carbonyl (C=O) groups excluding carboxylic acids is 1. The number of amides is 1. The molecule has 1 atom stereocenters. The van der Waals surface area contributed by atoms with Gasteiger partial charge in [-0.25, -0.2) is 9.18 Å². The number of carbonyl (C=O) groups is 2. The van der Waals surface area contributed by atoms with Gasteiger partial charge < -0.3 is 14.7 Å². The molecule has 21 heavy (non-hydrogen) atoms. The molecule has 1 aliphatic rings. The summed E-state index contributed by atoms with van der Waals surface area (Å²) in [4.78, 5) is 24.0. The minimum Gasteiger partial charge on any atom is -0.478 e. The number of morpholine rings is 1. The molecule has 6 nitrogen and oxygen atoms in total. The van der Waals surface area contributed by atoms with Gasteiger partial charge in [0.2, 0.25) is 5.91 Å². The summed E-state index contributed by atoms with van der Waals surface area (Å²) in [7, 11) is -1.92. The average molecular weight is 315 g/mol. The Morgan fingerprint density at radius 3 is 2.62 bits per heavy atom. The van der Waals surface area contributed by atoms with E-state index in [2.05, 4.69) is 0 Å². The maximum absolute atomic E-state index is 13.6. The Bertz CT molecular complexity index is 586. The zero-order valence-electron chi connectivity index (χ0n) is 11.1. The van der Waals surface area contributed by atoms with Crippen LogP contribution in [0.2, 0.25) is 0 Å². The molecule has 0 aliphatic carbocycles. The summed E-state index contributed by atoms with van der Waals surface area (Å²) >= 11 is 0. The topological polar surface area (TPSA) is 83.9 Å². The van der Waals surface area contributed by atoms with Crippen LogP contribution in [0.5, 0.6) is 0 Å². The van der Waals surface area contributed by atoms with Gasteiger partial charge in [-0.2, -0.15) is 0 Å². The first-order valence-electron chi connectivity index (χ1n) is 6.26. The zero-order chi connectivity index (χ0) is 15.4. The fourth-order valence-electron chi connectivity index (χ4n) is 1.90. The molecule has 0 radical (unpaired) electrons. The molecular weight excluding hydrogens is 301 g/mol. The minimum absolute atomic E-state index is 0.168. The number of aromatic carboxylic acids is 1. The highest BCUT2D eigenvalue weighted by Crippen LogP contribution is 2.16. The van der Waals surface area contributed by atoms with Crippen LogP contribution in [0.1, 0.15) is 10.4 Å². The van der Waals surface area contributed by atoms with E-state index in [9.17, 15) is 18.2 Å². The molecule has 1 aliphatic heterocycles. The Morgan fingerprint density at radius 2 is 2.00 bits per heavy atom. The summed E-state index contributed by atoms with van der Waals surface area (Å²) in [6.07, 6.45) is 0. The van der Waals surface area contributed by atoms with Crippen LogP contribution in [-0.2, 0) is 20.3 Å². The molecule has 1 aromatic carbocycles. The molecule has 1 N–H and O–H groups in total. The standard InChI is InChI=1S/C13H14FNO5S/c14-10-2-1-9(13(17)18)7-11(10)21(19)8-12(16)15-3-5-20-6-4-15/h1-2,7H,3-6,8H2,(H,17,18). The molecule has 1 heterocycles. The van der Waals surface area contributed by atoms with Crippen LogP contribution >= 0.6 is 0 Å². The SMILES string of the molecule is O=C(O)c1ccc(F)c(S(=O)CC(=O)N2CCOCC2)c1. The summed E-state index contributed by atoms with van der Waals surface area (Å²) in [5.74, 6) is -2.77. The van der Waals surface area contributed by atoms with Crippen molar-refractivity contribution < 1.29 is 28.0 Å². The number of rotatable bonds is 4. The van der Waals surface area contributed by atoms with Gasteiger partial charge in [0.15, 0.2) is 0 Å². The lowest BCUT2D eigenvalue weighted by molar-refractivity contribution is -0.132. The largest absolute Gasteiger partial charge is 0.478 e. The second kappa shape index (κ2) is 6.77. The van der Waals surface area contributed by atoms with E-state index in [1.807, 2.05) is 0 Å². The Morgan fingerprint density at radius 1 is 1.33 bits per heavy atom. The van der Waals surface area contributed by atoms with E-state index in [0.717, 1.165) is 18.2 Å². The molecule has 1 fully saturated rings. The Labute approximate surface area is 123 Å². The van der Waals surface area contributed by atoms with E-state index in [0.29, 0.717) is 26.3 Å². The monoisotopic (exact) mass is 315 g/mol. The van der Waals surface area contributed by atoms with Gasteiger partial charge in [-0.05, 0) is 18.2 Å². The van der Waals surface area contributed by atoms with Crippen molar-refractivity contribution in [2.45, 2.75) is 4.90 Å². The molecule has 0 bridgehead atoms. The predicted octanol–water partition coefficient (Wildman–Crippen LogP) is 0.490. The van der Waals surface area contributed by atoms with Crippen molar-refractivity contribution in [1.29, 1.82) is 0 Å². The number of nitrogens with zero attached hydrogens (tertiary/aromatic N) is 1. The Hall–Kier alpha value is -1.80. The van der Waals surface area contributed by atoms with Gasteiger partial charge in [0.25, 0.3) is 0 Å². The Balaban J connectivity index is 2.10. The zero-order valence-corrected chi connectivity index (χ0v) is 11.9. The third kappa shape index (κ3) is 3.85. The fourth-order valence-corrected chi connectivity index (χ4v) is 3.01. The van der Waals surface area contributed by atoms with Crippen LogP contribution in [-0.4, -0.2) is 58.1 Å². The third-order valence-corrected chi connectivity index (χ3v) is 4.35. The number of carboxylic acid groups (broad SMARTS) is 1. The molecule has 8 heteroatoms. The smallest absolute Gasteiger partial charge is 0.335 e. The van der Waals surface area contributed by atoms with Crippen molar-refractivity contribution in [3.05, 3.63) is 29.6 Å². The molecule has 1 amide bonds. The van der Waals surface area contributed by atoms with Crippen molar-refractivity contribution >= 4 is 22.7 Å². The van der Waals surface area contributed by atoms with Crippen LogP contribution in [0.25, 0.3) is 0 Å². The minimum atomic E-state index is -1.92. The molecule has 114 valence electrons. The van der Waals surface area contributed by atoms with Crippen molar-refractivity contribution in [3.8, 4) is 0 Å².